The molecule has 0 heterocycles. The van der Waals surface area contributed by atoms with Gasteiger partial charge < -0.3 is 25.2 Å². The molecule has 0 aliphatic carbocycles. The molecule has 3 N–H and O–H groups in total. The zero-order valence-corrected chi connectivity index (χ0v) is 16.6. The van der Waals surface area contributed by atoms with Crippen LogP contribution in [-0.4, -0.2) is 44.4 Å². The second-order valence-electron chi connectivity index (χ2n) is 6.17. The summed E-state index contributed by atoms with van der Waals surface area (Å²) in [6.07, 6.45) is -0.108. The fourth-order valence-corrected chi connectivity index (χ4v) is 2.72. The Morgan fingerprint density at radius 2 is 1.83 bits per heavy atom. The molecule has 0 amide bonds. The summed E-state index contributed by atoms with van der Waals surface area (Å²) in [5.41, 5.74) is 1.66. The van der Waals surface area contributed by atoms with Crippen molar-refractivity contribution in [3.8, 4) is 11.5 Å². The number of halogens is 2. The first-order valence-corrected chi connectivity index (χ1v) is 9.40. The van der Waals surface area contributed by atoms with E-state index in [2.05, 4.69) is 20.4 Å². The highest BCUT2D eigenvalue weighted by Crippen LogP contribution is 2.20. The highest BCUT2D eigenvalue weighted by atomic mass is 19.3. The topological polar surface area (TPSA) is 75.1 Å². The molecule has 2 aromatic carbocycles. The Morgan fingerprint density at radius 1 is 1.10 bits per heavy atom. The molecule has 0 aromatic heterocycles. The van der Waals surface area contributed by atoms with E-state index in [1.165, 1.54) is 12.1 Å². The molecule has 0 fully saturated rings. The van der Waals surface area contributed by atoms with Crippen LogP contribution in [0.25, 0.3) is 0 Å². The van der Waals surface area contributed by atoms with Crippen molar-refractivity contribution in [1.29, 1.82) is 0 Å². The van der Waals surface area contributed by atoms with Crippen LogP contribution in [0.15, 0.2) is 53.5 Å². The SMILES string of the molecule is CCNC(=NCC(O)c1ccc(OC(F)F)cc1)NCCc1ccccc1OC. The van der Waals surface area contributed by atoms with Crippen LogP contribution >= 0.6 is 0 Å². The van der Waals surface area contributed by atoms with E-state index in [0.717, 1.165) is 17.7 Å². The molecule has 8 heteroatoms. The van der Waals surface area contributed by atoms with Gasteiger partial charge in [-0.1, -0.05) is 30.3 Å². The molecule has 1 atom stereocenters. The van der Waals surface area contributed by atoms with E-state index in [4.69, 9.17) is 4.74 Å². The third kappa shape index (κ3) is 7.57. The summed E-state index contributed by atoms with van der Waals surface area (Å²) in [6.45, 7) is 0.521. The average molecular weight is 407 g/mol. The van der Waals surface area contributed by atoms with Gasteiger partial charge in [0.1, 0.15) is 11.5 Å². The minimum atomic E-state index is -2.88. The number of benzene rings is 2. The molecular weight excluding hydrogens is 380 g/mol. The number of aliphatic hydroxyl groups excluding tert-OH is 1. The van der Waals surface area contributed by atoms with Crippen molar-refractivity contribution >= 4 is 5.96 Å². The number of methoxy groups -OCH3 is 1. The molecule has 2 aromatic rings. The average Bonchev–Trinajstić information content (AvgIpc) is 2.72. The van der Waals surface area contributed by atoms with Crippen molar-refractivity contribution < 1.29 is 23.4 Å². The lowest BCUT2D eigenvalue weighted by atomic mass is 10.1. The van der Waals surface area contributed by atoms with Gasteiger partial charge in [-0.05, 0) is 42.7 Å². The van der Waals surface area contributed by atoms with Crippen LogP contribution in [-0.2, 0) is 6.42 Å². The fraction of sp³-hybridized carbons (Fsp3) is 0.381. The third-order valence-corrected chi connectivity index (χ3v) is 4.14. The molecular formula is C21H27F2N3O3. The van der Waals surface area contributed by atoms with Crippen LogP contribution in [0.3, 0.4) is 0 Å². The van der Waals surface area contributed by atoms with E-state index in [9.17, 15) is 13.9 Å². The summed E-state index contributed by atoms with van der Waals surface area (Å²) in [5.74, 6) is 1.47. The largest absolute Gasteiger partial charge is 0.496 e. The standard InChI is InChI=1S/C21H27F2N3O3/c1-3-24-21(25-13-12-16-6-4-5-7-19(16)28-2)26-14-18(27)15-8-10-17(11-9-15)29-20(22)23/h4-11,18,20,27H,3,12-14H2,1-2H3,(H2,24,25,26). The Hall–Kier alpha value is -2.87. The first-order chi connectivity index (χ1) is 14.0. The summed E-state index contributed by atoms with van der Waals surface area (Å²) in [6, 6.07) is 13.7. The molecule has 6 nitrogen and oxygen atoms in total. The van der Waals surface area contributed by atoms with Crippen LogP contribution in [0.2, 0.25) is 0 Å². The van der Waals surface area contributed by atoms with E-state index in [0.29, 0.717) is 24.6 Å². The number of hydrogen-bond acceptors (Lipinski definition) is 4. The van der Waals surface area contributed by atoms with Gasteiger partial charge >= 0.3 is 6.61 Å². The van der Waals surface area contributed by atoms with E-state index in [-0.39, 0.29) is 12.3 Å². The van der Waals surface area contributed by atoms with Gasteiger partial charge in [0.05, 0.1) is 19.8 Å². The Bertz CT molecular complexity index is 770. The van der Waals surface area contributed by atoms with Crippen LogP contribution in [0.1, 0.15) is 24.2 Å². The molecule has 0 saturated heterocycles. The summed E-state index contributed by atoms with van der Waals surface area (Å²) in [7, 11) is 1.64. The van der Waals surface area contributed by atoms with Gasteiger partial charge in [-0.25, -0.2) is 0 Å². The number of aliphatic hydroxyl groups is 1. The zero-order valence-electron chi connectivity index (χ0n) is 16.6. The van der Waals surface area contributed by atoms with Gasteiger partial charge in [0, 0.05) is 13.1 Å². The highest BCUT2D eigenvalue weighted by molar-refractivity contribution is 5.79. The summed E-state index contributed by atoms with van der Waals surface area (Å²) in [4.78, 5) is 4.40. The van der Waals surface area contributed by atoms with Crippen LogP contribution < -0.4 is 20.1 Å². The molecule has 2 rings (SSSR count). The fourth-order valence-electron chi connectivity index (χ4n) is 2.72. The van der Waals surface area contributed by atoms with Gasteiger partial charge in [0.15, 0.2) is 5.96 Å². The predicted molar refractivity (Wildman–Crippen MR) is 109 cm³/mol. The minimum absolute atomic E-state index is 0.0470. The third-order valence-electron chi connectivity index (χ3n) is 4.14. The van der Waals surface area contributed by atoms with Gasteiger partial charge in [-0.15, -0.1) is 0 Å². The lowest BCUT2D eigenvalue weighted by Gasteiger charge is -2.14. The van der Waals surface area contributed by atoms with E-state index < -0.39 is 12.7 Å². The van der Waals surface area contributed by atoms with Crippen LogP contribution in [0.5, 0.6) is 11.5 Å². The minimum Gasteiger partial charge on any atom is -0.496 e. The molecule has 0 saturated carbocycles. The number of aliphatic imine (C=N–C) groups is 1. The van der Waals surface area contributed by atoms with E-state index in [1.807, 2.05) is 31.2 Å². The number of rotatable bonds is 10. The van der Waals surface area contributed by atoms with E-state index in [1.54, 1.807) is 19.2 Å². The summed E-state index contributed by atoms with van der Waals surface area (Å²) >= 11 is 0. The summed E-state index contributed by atoms with van der Waals surface area (Å²) < 4.78 is 34.1. The van der Waals surface area contributed by atoms with Crippen molar-refractivity contribution in [3.05, 3.63) is 59.7 Å². The normalized spacial score (nSPS) is 12.6. The second kappa shape index (κ2) is 11.9. The summed E-state index contributed by atoms with van der Waals surface area (Å²) in [5, 5.41) is 16.7. The van der Waals surface area contributed by atoms with Gasteiger partial charge in [0.2, 0.25) is 0 Å². The monoisotopic (exact) mass is 407 g/mol. The molecule has 1 unspecified atom stereocenters. The second-order valence-corrected chi connectivity index (χ2v) is 6.17. The van der Waals surface area contributed by atoms with Crippen molar-refractivity contribution in [3.63, 3.8) is 0 Å². The number of nitrogens with zero attached hydrogens (tertiary/aromatic N) is 1. The smallest absolute Gasteiger partial charge is 0.387 e. The predicted octanol–water partition coefficient (Wildman–Crippen LogP) is 3.13. The molecule has 29 heavy (non-hydrogen) atoms. The number of alkyl halides is 2. The van der Waals surface area contributed by atoms with Gasteiger partial charge in [-0.2, -0.15) is 8.78 Å². The van der Waals surface area contributed by atoms with Crippen LogP contribution in [0.4, 0.5) is 8.78 Å². The number of para-hydroxylation sites is 1. The number of ether oxygens (including phenoxy) is 2. The first kappa shape index (κ1) is 22.4. The molecule has 0 bridgehead atoms. The number of hydrogen-bond donors (Lipinski definition) is 3. The lowest BCUT2D eigenvalue weighted by molar-refractivity contribution is -0.0498. The molecule has 0 spiro atoms. The molecule has 158 valence electrons. The Balaban J connectivity index is 1.90. The van der Waals surface area contributed by atoms with Crippen molar-refractivity contribution in [2.75, 3.05) is 26.7 Å². The van der Waals surface area contributed by atoms with Crippen LogP contribution in [0, 0.1) is 0 Å². The Kier molecular flexibility index (Phi) is 9.17. The zero-order chi connectivity index (χ0) is 21.1. The maximum atomic E-state index is 12.2. The maximum absolute atomic E-state index is 12.2. The first-order valence-electron chi connectivity index (χ1n) is 9.40. The van der Waals surface area contributed by atoms with Crippen molar-refractivity contribution in [1.82, 2.24) is 10.6 Å². The number of nitrogens with one attached hydrogen (secondary N) is 2. The highest BCUT2D eigenvalue weighted by Gasteiger charge is 2.10. The maximum Gasteiger partial charge on any atom is 0.387 e. The van der Waals surface area contributed by atoms with Gasteiger partial charge in [-0.3, -0.25) is 4.99 Å². The molecule has 0 aliphatic heterocycles. The lowest BCUT2D eigenvalue weighted by Crippen LogP contribution is -2.38. The molecule has 0 aliphatic rings. The Morgan fingerprint density at radius 3 is 2.48 bits per heavy atom. The van der Waals surface area contributed by atoms with Crippen molar-refractivity contribution in [2.24, 2.45) is 4.99 Å². The Labute approximate surface area is 169 Å². The van der Waals surface area contributed by atoms with Gasteiger partial charge in [0.25, 0.3) is 0 Å². The van der Waals surface area contributed by atoms with E-state index >= 15 is 0 Å². The molecule has 0 radical (unpaired) electrons. The van der Waals surface area contributed by atoms with Crippen molar-refractivity contribution in [2.45, 2.75) is 26.1 Å². The number of guanidine groups is 1. The quantitative estimate of drug-likeness (QED) is 0.417.